The fourth-order valence-electron chi connectivity index (χ4n) is 1.22. The van der Waals surface area contributed by atoms with Gasteiger partial charge >= 0.3 is 0 Å². The van der Waals surface area contributed by atoms with Crippen LogP contribution in [0.25, 0.3) is 0 Å². The Kier molecular flexibility index (Phi) is 4.96. The molecule has 0 bridgehead atoms. The maximum absolute atomic E-state index is 4.02. The number of halogens is 1. The second-order valence-corrected chi connectivity index (χ2v) is 6.16. The number of nitrogens with one attached hydrogen (secondary N) is 1. The summed E-state index contributed by atoms with van der Waals surface area (Å²) in [6, 6.07) is 2.12. The zero-order valence-corrected chi connectivity index (χ0v) is 12.5. The summed E-state index contributed by atoms with van der Waals surface area (Å²) in [7, 11) is 1.92. The standard InChI is InChI=1S/C9H12BrN5S2/c1-11-2-3-15-9(12-13-14-15)17-6-8-4-7(10)5-16-8/h4-5,11H,2-3,6H2,1H3. The second-order valence-electron chi connectivity index (χ2n) is 3.31. The minimum atomic E-state index is 0.792. The predicted molar refractivity (Wildman–Crippen MR) is 73.3 cm³/mol. The van der Waals surface area contributed by atoms with Crippen LogP contribution in [0.1, 0.15) is 4.88 Å². The summed E-state index contributed by atoms with van der Waals surface area (Å²) in [6.07, 6.45) is 0. The molecule has 0 amide bonds. The van der Waals surface area contributed by atoms with Crippen molar-refractivity contribution in [1.29, 1.82) is 0 Å². The lowest BCUT2D eigenvalue weighted by Gasteiger charge is -2.02. The van der Waals surface area contributed by atoms with Gasteiger partial charge in [-0.1, -0.05) is 11.8 Å². The smallest absolute Gasteiger partial charge is 0.209 e. The fraction of sp³-hybridized carbons (Fsp3) is 0.444. The normalized spacial score (nSPS) is 10.9. The summed E-state index contributed by atoms with van der Waals surface area (Å²) in [5, 5.41) is 17.7. The highest BCUT2D eigenvalue weighted by Crippen LogP contribution is 2.26. The third kappa shape index (κ3) is 3.77. The highest BCUT2D eigenvalue weighted by Gasteiger charge is 2.07. The van der Waals surface area contributed by atoms with Gasteiger partial charge in [0, 0.05) is 27.0 Å². The molecule has 0 saturated heterocycles. The number of thiophene rings is 1. The van der Waals surface area contributed by atoms with Crippen molar-refractivity contribution in [2.24, 2.45) is 0 Å². The van der Waals surface area contributed by atoms with Gasteiger partial charge in [-0.05, 0) is 39.5 Å². The van der Waals surface area contributed by atoms with Gasteiger partial charge in [0.2, 0.25) is 5.16 Å². The molecule has 17 heavy (non-hydrogen) atoms. The maximum atomic E-state index is 4.02. The third-order valence-electron chi connectivity index (χ3n) is 2.04. The number of tetrazole rings is 1. The van der Waals surface area contributed by atoms with Crippen molar-refractivity contribution in [3.8, 4) is 0 Å². The lowest BCUT2D eigenvalue weighted by Crippen LogP contribution is -2.16. The van der Waals surface area contributed by atoms with E-state index in [1.165, 1.54) is 4.88 Å². The van der Waals surface area contributed by atoms with E-state index in [0.29, 0.717) is 0 Å². The molecule has 0 spiro atoms. The van der Waals surface area contributed by atoms with Crippen LogP contribution in [0.5, 0.6) is 0 Å². The van der Waals surface area contributed by atoms with Crippen LogP contribution >= 0.6 is 39.0 Å². The Morgan fingerprint density at radius 3 is 3.18 bits per heavy atom. The van der Waals surface area contributed by atoms with Gasteiger partial charge in [0.25, 0.3) is 0 Å². The number of nitrogens with zero attached hydrogens (tertiary/aromatic N) is 4. The average molecular weight is 334 g/mol. The van der Waals surface area contributed by atoms with Crippen molar-refractivity contribution in [2.75, 3.05) is 13.6 Å². The molecule has 0 saturated carbocycles. The largest absolute Gasteiger partial charge is 0.318 e. The number of rotatable bonds is 6. The van der Waals surface area contributed by atoms with Crippen molar-refractivity contribution in [1.82, 2.24) is 25.5 Å². The van der Waals surface area contributed by atoms with Gasteiger partial charge < -0.3 is 5.32 Å². The number of thioether (sulfide) groups is 1. The van der Waals surface area contributed by atoms with Gasteiger partial charge in [-0.15, -0.1) is 16.4 Å². The van der Waals surface area contributed by atoms with E-state index in [4.69, 9.17) is 0 Å². The zero-order valence-electron chi connectivity index (χ0n) is 9.26. The van der Waals surface area contributed by atoms with E-state index in [-0.39, 0.29) is 0 Å². The van der Waals surface area contributed by atoms with E-state index >= 15 is 0 Å². The number of aromatic nitrogens is 4. The summed E-state index contributed by atoms with van der Waals surface area (Å²) in [6.45, 7) is 1.66. The van der Waals surface area contributed by atoms with Crippen LogP contribution in [0.2, 0.25) is 0 Å². The minimum absolute atomic E-state index is 0.792. The molecule has 0 atom stereocenters. The first-order valence-electron chi connectivity index (χ1n) is 5.06. The lowest BCUT2D eigenvalue weighted by molar-refractivity contribution is 0.530. The molecule has 5 nitrogen and oxygen atoms in total. The topological polar surface area (TPSA) is 55.6 Å². The SMILES string of the molecule is CNCCn1nnnc1SCc1cc(Br)cs1. The summed E-state index contributed by atoms with van der Waals surface area (Å²) in [4.78, 5) is 1.31. The lowest BCUT2D eigenvalue weighted by atomic mass is 10.5. The molecule has 0 fully saturated rings. The van der Waals surface area contributed by atoms with Crippen molar-refractivity contribution in [2.45, 2.75) is 17.5 Å². The number of hydrogen-bond donors (Lipinski definition) is 1. The molecule has 8 heteroatoms. The average Bonchev–Trinajstić information content (AvgIpc) is 2.92. The molecule has 0 aliphatic carbocycles. The maximum Gasteiger partial charge on any atom is 0.209 e. The minimum Gasteiger partial charge on any atom is -0.318 e. The highest BCUT2D eigenvalue weighted by molar-refractivity contribution is 9.10. The molecular formula is C9H12BrN5S2. The zero-order chi connectivity index (χ0) is 12.1. The van der Waals surface area contributed by atoms with E-state index in [0.717, 1.165) is 28.5 Å². The molecule has 0 aliphatic heterocycles. The second kappa shape index (κ2) is 6.48. The monoisotopic (exact) mass is 333 g/mol. The number of hydrogen-bond acceptors (Lipinski definition) is 6. The molecule has 92 valence electrons. The molecule has 0 aliphatic rings. The quantitative estimate of drug-likeness (QED) is 0.819. The Bertz CT molecular complexity index is 469. The van der Waals surface area contributed by atoms with Gasteiger partial charge in [0.1, 0.15) is 0 Å². The summed E-state index contributed by atoms with van der Waals surface area (Å²) >= 11 is 6.84. The van der Waals surface area contributed by atoms with Crippen molar-refractivity contribution >= 4 is 39.0 Å². The summed E-state index contributed by atoms with van der Waals surface area (Å²) in [5.74, 6) is 0.899. The Balaban J connectivity index is 1.92. The molecule has 0 radical (unpaired) electrons. The molecule has 2 aromatic rings. The van der Waals surface area contributed by atoms with E-state index in [1.807, 2.05) is 11.7 Å². The first-order chi connectivity index (χ1) is 8.29. The predicted octanol–water partition coefficient (Wildman–Crippen LogP) is 2.01. The molecule has 2 aromatic heterocycles. The Labute approximate surface area is 116 Å². The van der Waals surface area contributed by atoms with Crippen molar-refractivity contribution in [3.05, 3.63) is 20.8 Å². The van der Waals surface area contributed by atoms with Crippen molar-refractivity contribution < 1.29 is 0 Å². The van der Waals surface area contributed by atoms with Gasteiger partial charge in [0.05, 0.1) is 6.54 Å². The van der Waals surface area contributed by atoms with Gasteiger partial charge in [0.15, 0.2) is 0 Å². The van der Waals surface area contributed by atoms with Crippen LogP contribution < -0.4 is 5.32 Å². The molecule has 0 aromatic carbocycles. The van der Waals surface area contributed by atoms with Gasteiger partial charge in [-0.2, -0.15) is 0 Å². The summed E-state index contributed by atoms with van der Waals surface area (Å²) in [5.41, 5.74) is 0. The molecule has 1 N–H and O–H groups in total. The van der Waals surface area contributed by atoms with Gasteiger partial charge in [-0.3, -0.25) is 0 Å². The molecule has 2 rings (SSSR count). The highest BCUT2D eigenvalue weighted by atomic mass is 79.9. The first-order valence-corrected chi connectivity index (χ1v) is 7.72. The van der Waals surface area contributed by atoms with Crippen molar-refractivity contribution in [3.63, 3.8) is 0 Å². The molecule has 2 heterocycles. The Morgan fingerprint density at radius 1 is 1.59 bits per heavy atom. The van der Waals surface area contributed by atoms with Crippen LogP contribution in [0.3, 0.4) is 0 Å². The van der Waals surface area contributed by atoms with Crippen LogP contribution in [0.4, 0.5) is 0 Å². The Morgan fingerprint density at radius 2 is 2.47 bits per heavy atom. The van der Waals surface area contributed by atoms with E-state index in [1.54, 1.807) is 23.1 Å². The molecular weight excluding hydrogens is 322 g/mol. The summed E-state index contributed by atoms with van der Waals surface area (Å²) < 4.78 is 2.96. The van der Waals surface area contributed by atoms with Crippen LogP contribution in [-0.4, -0.2) is 33.8 Å². The fourth-order valence-corrected chi connectivity index (χ4v) is 3.63. The van der Waals surface area contributed by atoms with Crippen LogP contribution in [-0.2, 0) is 12.3 Å². The van der Waals surface area contributed by atoms with E-state index in [9.17, 15) is 0 Å². The van der Waals surface area contributed by atoms with E-state index < -0.39 is 0 Å². The third-order valence-corrected chi connectivity index (χ3v) is 4.92. The molecule has 0 unspecified atom stereocenters. The van der Waals surface area contributed by atoms with Crippen LogP contribution in [0, 0.1) is 0 Å². The van der Waals surface area contributed by atoms with E-state index in [2.05, 4.69) is 48.2 Å². The first kappa shape index (κ1) is 13.0. The van der Waals surface area contributed by atoms with Crippen LogP contribution in [0.15, 0.2) is 21.1 Å². The number of likely N-dealkylation sites (N-methyl/N-ethyl adjacent to an activating group) is 1. The van der Waals surface area contributed by atoms with Gasteiger partial charge in [-0.25, -0.2) is 4.68 Å². The Hall–Kier alpha value is -0.440.